The van der Waals surface area contributed by atoms with Crippen molar-refractivity contribution >= 4 is 33.5 Å². The average molecular weight is 328 g/mol. The summed E-state index contributed by atoms with van der Waals surface area (Å²) < 4.78 is 6.42. The number of ether oxygens (including phenoxy) is 1. The summed E-state index contributed by atoms with van der Waals surface area (Å²) >= 11 is 4.72. The zero-order valence-corrected chi connectivity index (χ0v) is 11.8. The number of halogens is 1. The van der Waals surface area contributed by atoms with E-state index in [0.29, 0.717) is 22.6 Å². The summed E-state index contributed by atoms with van der Waals surface area (Å²) in [6, 6.07) is 3.41. The van der Waals surface area contributed by atoms with Crippen LogP contribution < -0.4 is 16.0 Å². The fraction of sp³-hybridized carbons (Fsp3) is 0.100. The van der Waals surface area contributed by atoms with Crippen LogP contribution in [0.25, 0.3) is 0 Å². The number of pyridine rings is 1. The van der Waals surface area contributed by atoms with Gasteiger partial charge in [0.2, 0.25) is 5.88 Å². The number of nitrogens with two attached hydrogens (primary N) is 1. The molecular weight excluding hydrogens is 318 g/mol. The molecule has 0 aliphatic carbocycles. The monoisotopic (exact) mass is 327 g/mol. The van der Waals surface area contributed by atoms with Gasteiger partial charge in [-0.05, 0) is 28.3 Å². The molecular formula is C10H10BrN5OS. The first-order valence-electron chi connectivity index (χ1n) is 4.89. The molecule has 0 unspecified atom stereocenters. The highest BCUT2D eigenvalue weighted by Crippen LogP contribution is 2.24. The van der Waals surface area contributed by atoms with E-state index in [-0.39, 0.29) is 0 Å². The molecule has 0 aliphatic rings. The van der Waals surface area contributed by atoms with Crippen molar-refractivity contribution in [3.05, 3.63) is 29.0 Å². The van der Waals surface area contributed by atoms with Gasteiger partial charge >= 0.3 is 0 Å². The third kappa shape index (κ3) is 3.31. The smallest absolute Gasteiger partial charge is 0.225 e. The number of nitrogens with zero attached hydrogens (tertiary/aromatic N) is 3. The summed E-state index contributed by atoms with van der Waals surface area (Å²) in [5.41, 5.74) is 2.47. The van der Waals surface area contributed by atoms with Crippen LogP contribution in [0.3, 0.4) is 0 Å². The molecule has 0 fully saturated rings. The van der Waals surface area contributed by atoms with Crippen LogP contribution in [-0.2, 0) is 0 Å². The Morgan fingerprint density at radius 2 is 2.17 bits per heavy atom. The first kappa shape index (κ1) is 13.1. The molecule has 0 atom stereocenters. The van der Waals surface area contributed by atoms with Crippen molar-refractivity contribution in [1.82, 2.24) is 15.0 Å². The third-order valence-electron chi connectivity index (χ3n) is 1.91. The van der Waals surface area contributed by atoms with E-state index in [1.807, 2.05) is 6.26 Å². The van der Waals surface area contributed by atoms with Gasteiger partial charge < -0.3 is 10.2 Å². The van der Waals surface area contributed by atoms with E-state index in [4.69, 9.17) is 10.6 Å². The molecule has 3 N–H and O–H groups in total. The highest BCUT2D eigenvalue weighted by Gasteiger charge is 2.06. The van der Waals surface area contributed by atoms with E-state index >= 15 is 0 Å². The second kappa shape index (κ2) is 5.98. The van der Waals surface area contributed by atoms with Crippen molar-refractivity contribution in [3.8, 4) is 11.6 Å². The van der Waals surface area contributed by atoms with Crippen LogP contribution in [0.15, 0.2) is 34.2 Å². The Morgan fingerprint density at radius 3 is 2.83 bits per heavy atom. The van der Waals surface area contributed by atoms with Crippen LogP contribution in [0.2, 0.25) is 0 Å². The van der Waals surface area contributed by atoms with Gasteiger partial charge in [0, 0.05) is 16.7 Å². The maximum Gasteiger partial charge on any atom is 0.225 e. The molecule has 0 saturated carbocycles. The molecule has 0 amide bonds. The first-order valence-corrected chi connectivity index (χ1v) is 6.91. The lowest BCUT2D eigenvalue weighted by atomic mass is 10.4. The van der Waals surface area contributed by atoms with E-state index in [2.05, 4.69) is 36.3 Å². The van der Waals surface area contributed by atoms with Gasteiger partial charge in [-0.25, -0.2) is 10.8 Å². The number of hydrogen-bond acceptors (Lipinski definition) is 7. The van der Waals surface area contributed by atoms with Gasteiger partial charge in [0.15, 0.2) is 5.16 Å². The summed E-state index contributed by atoms with van der Waals surface area (Å²) in [5, 5.41) is 0.573. The molecule has 2 rings (SSSR count). The number of hydrogen-bond donors (Lipinski definition) is 2. The summed E-state index contributed by atoms with van der Waals surface area (Å²) in [5.74, 6) is 6.81. The van der Waals surface area contributed by atoms with Crippen molar-refractivity contribution in [2.24, 2.45) is 5.84 Å². The Balaban J connectivity index is 2.28. The van der Waals surface area contributed by atoms with Crippen molar-refractivity contribution < 1.29 is 4.74 Å². The van der Waals surface area contributed by atoms with Crippen LogP contribution in [0, 0.1) is 0 Å². The number of anilines is 1. The van der Waals surface area contributed by atoms with Crippen LogP contribution >= 0.6 is 27.7 Å². The van der Waals surface area contributed by atoms with Gasteiger partial charge in [0.1, 0.15) is 11.6 Å². The van der Waals surface area contributed by atoms with E-state index in [1.165, 1.54) is 11.8 Å². The predicted octanol–water partition coefficient (Wildman–Crippen LogP) is 2.43. The van der Waals surface area contributed by atoms with Gasteiger partial charge in [-0.15, -0.1) is 0 Å². The van der Waals surface area contributed by atoms with E-state index in [9.17, 15) is 0 Å². The molecule has 0 aromatic carbocycles. The molecule has 2 aromatic heterocycles. The average Bonchev–Trinajstić information content (AvgIpc) is 2.38. The number of hydrazine groups is 1. The highest BCUT2D eigenvalue weighted by molar-refractivity contribution is 9.10. The quantitative estimate of drug-likeness (QED) is 0.386. The summed E-state index contributed by atoms with van der Waals surface area (Å²) in [6.45, 7) is 0. The molecule has 94 valence electrons. The Labute approximate surface area is 116 Å². The molecule has 0 spiro atoms. The minimum atomic E-state index is 0.405. The van der Waals surface area contributed by atoms with Crippen LogP contribution in [0.5, 0.6) is 11.6 Å². The molecule has 6 nitrogen and oxygen atoms in total. The highest BCUT2D eigenvalue weighted by atomic mass is 79.9. The SMILES string of the molecule is CSc1nc(NN)cc(Oc2cncc(Br)c2)n1. The molecule has 18 heavy (non-hydrogen) atoms. The number of nitrogens with one attached hydrogen (secondary N) is 1. The number of thioether (sulfide) groups is 1. The van der Waals surface area contributed by atoms with Gasteiger partial charge in [0.05, 0.1) is 6.20 Å². The Kier molecular flexibility index (Phi) is 4.34. The van der Waals surface area contributed by atoms with Gasteiger partial charge in [-0.3, -0.25) is 4.98 Å². The topological polar surface area (TPSA) is 86.0 Å². The first-order chi connectivity index (χ1) is 8.71. The maximum atomic E-state index is 5.59. The number of nitrogen functional groups attached to an aromatic ring is 1. The number of aromatic nitrogens is 3. The fourth-order valence-electron chi connectivity index (χ4n) is 1.19. The van der Waals surface area contributed by atoms with E-state index < -0.39 is 0 Å². The molecule has 0 bridgehead atoms. The number of rotatable bonds is 4. The minimum Gasteiger partial charge on any atom is -0.437 e. The van der Waals surface area contributed by atoms with Crippen LogP contribution in [-0.4, -0.2) is 21.2 Å². The largest absolute Gasteiger partial charge is 0.437 e. The Morgan fingerprint density at radius 1 is 1.33 bits per heavy atom. The van der Waals surface area contributed by atoms with Gasteiger partial charge in [-0.1, -0.05) is 11.8 Å². The third-order valence-corrected chi connectivity index (χ3v) is 2.90. The Bertz CT molecular complexity index is 531. The molecule has 2 aromatic rings. The van der Waals surface area contributed by atoms with Crippen molar-refractivity contribution in [3.63, 3.8) is 0 Å². The Hall–Kier alpha value is -1.38. The summed E-state index contributed by atoms with van der Waals surface area (Å²) in [4.78, 5) is 12.4. The lowest BCUT2D eigenvalue weighted by Gasteiger charge is -2.07. The van der Waals surface area contributed by atoms with E-state index in [1.54, 1.807) is 24.5 Å². The molecule has 0 aliphatic heterocycles. The van der Waals surface area contributed by atoms with Crippen molar-refractivity contribution in [2.45, 2.75) is 5.16 Å². The van der Waals surface area contributed by atoms with Crippen LogP contribution in [0.4, 0.5) is 5.82 Å². The molecule has 2 heterocycles. The molecule has 0 radical (unpaired) electrons. The maximum absolute atomic E-state index is 5.59. The van der Waals surface area contributed by atoms with Crippen molar-refractivity contribution in [1.29, 1.82) is 0 Å². The lowest BCUT2D eigenvalue weighted by molar-refractivity contribution is 0.453. The van der Waals surface area contributed by atoms with Crippen LogP contribution in [0.1, 0.15) is 0 Å². The minimum absolute atomic E-state index is 0.405. The zero-order valence-electron chi connectivity index (χ0n) is 9.42. The van der Waals surface area contributed by atoms with Gasteiger partial charge in [-0.2, -0.15) is 4.98 Å². The second-order valence-electron chi connectivity index (χ2n) is 3.16. The fourth-order valence-corrected chi connectivity index (χ4v) is 1.90. The second-order valence-corrected chi connectivity index (χ2v) is 4.85. The van der Waals surface area contributed by atoms with Gasteiger partial charge in [0.25, 0.3) is 0 Å². The van der Waals surface area contributed by atoms with E-state index in [0.717, 1.165) is 4.47 Å². The predicted molar refractivity (Wildman–Crippen MR) is 73.6 cm³/mol. The molecule has 8 heteroatoms. The standard InChI is InChI=1S/C10H10BrN5OS/c1-18-10-14-8(16-12)3-9(15-10)17-7-2-6(11)4-13-5-7/h2-5H,12H2,1H3,(H,14,15,16). The zero-order chi connectivity index (χ0) is 13.0. The van der Waals surface area contributed by atoms with Crippen molar-refractivity contribution in [2.75, 3.05) is 11.7 Å². The lowest BCUT2D eigenvalue weighted by Crippen LogP contribution is -2.09. The summed E-state index contributed by atoms with van der Waals surface area (Å²) in [7, 11) is 0. The summed E-state index contributed by atoms with van der Waals surface area (Å²) in [6.07, 6.45) is 5.15. The molecule has 0 saturated heterocycles. The normalized spacial score (nSPS) is 10.2.